The summed E-state index contributed by atoms with van der Waals surface area (Å²) in [5, 5.41) is 9.05. The van der Waals surface area contributed by atoms with E-state index in [9.17, 15) is 14.0 Å². The first-order valence-electron chi connectivity index (χ1n) is 9.39. The molecule has 2 aliphatic rings. The van der Waals surface area contributed by atoms with Gasteiger partial charge < -0.3 is 16.0 Å². The smallest absolute Gasteiger partial charge is 0.238 e. The van der Waals surface area contributed by atoms with Crippen molar-refractivity contribution in [3.63, 3.8) is 0 Å². The molecular weight excluding hydrogens is 335 g/mol. The molecule has 2 unspecified atom stereocenters. The zero-order valence-electron chi connectivity index (χ0n) is 15.0. The summed E-state index contributed by atoms with van der Waals surface area (Å²) in [6.45, 7) is 3.57. The van der Waals surface area contributed by atoms with Crippen molar-refractivity contribution in [3.8, 4) is 0 Å². The number of anilines is 1. The van der Waals surface area contributed by atoms with E-state index in [0.29, 0.717) is 24.7 Å². The average molecular weight is 362 g/mol. The summed E-state index contributed by atoms with van der Waals surface area (Å²) in [4.78, 5) is 26.4. The van der Waals surface area contributed by atoms with E-state index in [1.807, 2.05) is 0 Å². The second-order valence-corrected chi connectivity index (χ2v) is 7.19. The number of hydrogen-bond acceptors (Lipinski definition) is 4. The molecule has 1 aromatic carbocycles. The van der Waals surface area contributed by atoms with Crippen LogP contribution in [-0.4, -0.2) is 55.5 Å². The SMILES string of the molecule is O=C(CN1CCCC(CNC(=O)C2CCCN2)C1)Nc1ccc(F)cc1. The van der Waals surface area contributed by atoms with E-state index in [2.05, 4.69) is 20.9 Å². The molecule has 142 valence electrons. The van der Waals surface area contributed by atoms with Gasteiger partial charge in [0.25, 0.3) is 0 Å². The van der Waals surface area contributed by atoms with Crippen LogP contribution in [0.2, 0.25) is 0 Å². The predicted octanol–water partition coefficient (Wildman–Crippen LogP) is 1.34. The van der Waals surface area contributed by atoms with E-state index in [4.69, 9.17) is 0 Å². The summed E-state index contributed by atoms with van der Waals surface area (Å²) in [6, 6.07) is 5.72. The third-order valence-electron chi connectivity index (χ3n) is 5.04. The van der Waals surface area contributed by atoms with Crippen molar-refractivity contribution in [2.24, 2.45) is 5.92 Å². The van der Waals surface area contributed by atoms with Gasteiger partial charge in [-0.1, -0.05) is 0 Å². The maximum atomic E-state index is 12.9. The lowest BCUT2D eigenvalue weighted by molar-refractivity contribution is -0.123. The molecule has 26 heavy (non-hydrogen) atoms. The van der Waals surface area contributed by atoms with Gasteiger partial charge in [0.1, 0.15) is 5.82 Å². The third kappa shape index (κ3) is 5.51. The van der Waals surface area contributed by atoms with Gasteiger partial charge in [0.15, 0.2) is 0 Å². The Morgan fingerprint density at radius 1 is 1.19 bits per heavy atom. The lowest BCUT2D eigenvalue weighted by Crippen LogP contribution is -2.46. The van der Waals surface area contributed by atoms with Crippen LogP contribution in [-0.2, 0) is 9.59 Å². The molecule has 2 fully saturated rings. The molecule has 2 saturated heterocycles. The fourth-order valence-electron chi connectivity index (χ4n) is 3.67. The Morgan fingerprint density at radius 2 is 2.00 bits per heavy atom. The number of carbonyl (C=O) groups excluding carboxylic acids is 2. The Morgan fingerprint density at radius 3 is 2.73 bits per heavy atom. The van der Waals surface area contributed by atoms with E-state index < -0.39 is 0 Å². The molecular formula is C19H27FN4O2. The van der Waals surface area contributed by atoms with Crippen molar-refractivity contribution < 1.29 is 14.0 Å². The van der Waals surface area contributed by atoms with Gasteiger partial charge >= 0.3 is 0 Å². The van der Waals surface area contributed by atoms with Gasteiger partial charge in [-0.15, -0.1) is 0 Å². The molecule has 0 aliphatic carbocycles. The van der Waals surface area contributed by atoms with E-state index in [1.165, 1.54) is 12.1 Å². The standard InChI is InChI=1S/C19H27FN4O2/c20-15-5-7-16(8-6-15)23-18(25)13-24-10-2-3-14(12-24)11-22-19(26)17-4-1-9-21-17/h5-8,14,17,21H,1-4,9-13H2,(H,22,26)(H,23,25). The van der Waals surface area contributed by atoms with Crippen molar-refractivity contribution in [1.29, 1.82) is 0 Å². The molecule has 0 bridgehead atoms. The molecule has 2 amide bonds. The van der Waals surface area contributed by atoms with Crippen LogP contribution in [0.5, 0.6) is 0 Å². The zero-order valence-corrected chi connectivity index (χ0v) is 15.0. The summed E-state index contributed by atoms with van der Waals surface area (Å²) in [5.74, 6) is 0.0366. The molecule has 2 aliphatic heterocycles. The average Bonchev–Trinajstić information content (AvgIpc) is 3.17. The highest BCUT2D eigenvalue weighted by atomic mass is 19.1. The molecule has 0 spiro atoms. The molecule has 3 N–H and O–H groups in total. The Hall–Kier alpha value is -1.99. The third-order valence-corrected chi connectivity index (χ3v) is 5.04. The first kappa shape index (κ1) is 18.8. The van der Waals surface area contributed by atoms with E-state index >= 15 is 0 Å². The normalized spacial score (nSPS) is 23.6. The van der Waals surface area contributed by atoms with Gasteiger partial charge in [-0.05, 0) is 69.0 Å². The number of likely N-dealkylation sites (tertiary alicyclic amines) is 1. The van der Waals surface area contributed by atoms with Crippen LogP contribution >= 0.6 is 0 Å². The Bertz CT molecular complexity index is 616. The molecule has 0 radical (unpaired) electrons. The molecule has 0 aromatic heterocycles. The zero-order chi connectivity index (χ0) is 18.4. The second kappa shape index (κ2) is 9.09. The van der Waals surface area contributed by atoms with Crippen LogP contribution in [0.25, 0.3) is 0 Å². The maximum absolute atomic E-state index is 12.9. The molecule has 2 atom stereocenters. The number of rotatable bonds is 6. The highest BCUT2D eigenvalue weighted by Crippen LogP contribution is 2.16. The number of nitrogens with one attached hydrogen (secondary N) is 3. The number of carbonyl (C=O) groups is 2. The van der Waals surface area contributed by atoms with Crippen LogP contribution in [0.15, 0.2) is 24.3 Å². The highest BCUT2D eigenvalue weighted by molar-refractivity contribution is 5.92. The first-order valence-corrected chi connectivity index (χ1v) is 9.39. The Kier molecular flexibility index (Phi) is 6.57. The minimum atomic E-state index is -0.322. The number of piperidine rings is 1. The molecule has 3 rings (SSSR count). The van der Waals surface area contributed by atoms with E-state index in [-0.39, 0.29) is 23.7 Å². The summed E-state index contributed by atoms with van der Waals surface area (Å²) in [5.41, 5.74) is 0.598. The van der Waals surface area contributed by atoms with E-state index in [1.54, 1.807) is 12.1 Å². The number of nitrogens with zero attached hydrogens (tertiary/aromatic N) is 1. The van der Waals surface area contributed by atoms with Crippen LogP contribution in [0, 0.1) is 11.7 Å². The monoisotopic (exact) mass is 362 g/mol. The summed E-state index contributed by atoms with van der Waals surface area (Å²) >= 11 is 0. The fourth-order valence-corrected chi connectivity index (χ4v) is 3.67. The number of halogens is 1. The quantitative estimate of drug-likeness (QED) is 0.714. The fraction of sp³-hybridized carbons (Fsp3) is 0.579. The van der Waals surface area contributed by atoms with Gasteiger partial charge in [0, 0.05) is 18.8 Å². The predicted molar refractivity (Wildman–Crippen MR) is 98.2 cm³/mol. The summed E-state index contributed by atoms with van der Waals surface area (Å²) in [6.07, 6.45) is 4.05. The van der Waals surface area contributed by atoms with Gasteiger partial charge in [0.05, 0.1) is 12.6 Å². The lowest BCUT2D eigenvalue weighted by Gasteiger charge is -2.32. The molecule has 6 nitrogen and oxygen atoms in total. The van der Waals surface area contributed by atoms with Crippen molar-refractivity contribution in [3.05, 3.63) is 30.1 Å². The minimum absolute atomic E-state index is 0.0452. The Labute approximate surface area is 153 Å². The van der Waals surface area contributed by atoms with Gasteiger partial charge in [-0.3, -0.25) is 14.5 Å². The molecule has 0 saturated carbocycles. The number of hydrogen-bond donors (Lipinski definition) is 3. The number of amides is 2. The maximum Gasteiger partial charge on any atom is 0.238 e. The molecule has 7 heteroatoms. The van der Waals surface area contributed by atoms with E-state index in [0.717, 1.165) is 45.3 Å². The Balaban J connectivity index is 1.40. The highest BCUT2D eigenvalue weighted by Gasteiger charge is 2.25. The number of benzene rings is 1. The van der Waals surface area contributed by atoms with Crippen molar-refractivity contribution in [2.75, 3.05) is 38.0 Å². The summed E-state index contributed by atoms with van der Waals surface area (Å²) in [7, 11) is 0. The van der Waals surface area contributed by atoms with Crippen LogP contribution in [0.3, 0.4) is 0 Å². The van der Waals surface area contributed by atoms with Crippen LogP contribution < -0.4 is 16.0 Å². The van der Waals surface area contributed by atoms with Gasteiger partial charge in [-0.2, -0.15) is 0 Å². The van der Waals surface area contributed by atoms with Crippen molar-refractivity contribution >= 4 is 17.5 Å². The van der Waals surface area contributed by atoms with Crippen molar-refractivity contribution in [1.82, 2.24) is 15.5 Å². The second-order valence-electron chi connectivity index (χ2n) is 7.19. The topological polar surface area (TPSA) is 73.5 Å². The minimum Gasteiger partial charge on any atom is -0.354 e. The molecule has 2 heterocycles. The first-order chi connectivity index (χ1) is 12.6. The van der Waals surface area contributed by atoms with Gasteiger partial charge in [-0.25, -0.2) is 4.39 Å². The van der Waals surface area contributed by atoms with Gasteiger partial charge in [0.2, 0.25) is 11.8 Å². The molecule has 1 aromatic rings. The lowest BCUT2D eigenvalue weighted by atomic mass is 9.98. The van der Waals surface area contributed by atoms with Crippen molar-refractivity contribution in [2.45, 2.75) is 31.7 Å². The summed E-state index contributed by atoms with van der Waals surface area (Å²) < 4.78 is 12.9. The van der Waals surface area contributed by atoms with Crippen LogP contribution in [0.1, 0.15) is 25.7 Å². The van der Waals surface area contributed by atoms with Crippen LogP contribution in [0.4, 0.5) is 10.1 Å². The largest absolute Gasteiger partial charge is 0.354 e.